The van der Waals surface area contributed by atoms with Crippen LogP contribution < -0.4 is 4.74 Å². The van der Waals surface area contributed by atoms with Crippen LogP contribution in [-0.2, 0) is 0 Å². The number of rotatable bonds is 4. The molecule has 2 aromatic carbocycles. The second-order valence-corrected chi connectivity index (χ2v) is 5.20. The maximum absolute atomic E-state index is 11.2. The second-order valence-electron chi connectivity index (χ2n) is 4.09. The van der Waals surface area contributed by atoms with Crippen LogP contribution in [0.25, 0.3) is 0 Å². The average Bonchev–Trinajstić information content (AvgIpc) is 2.38. The number of benzene rings is 2. The van der Waals surface area contributed by atoms with Gasteiger partial charge in [-0.2, -0.15) is 0 Å². The number of methoxy groups -OCH3 is 1. The van der Waals surface area contributed by atoms with Gasteiger partial charge in [0.25, 0.3) is 0 Å². The first-order valence-electron chi connectivity index (χ1n) is 5.76. The molecule has 0 heterocycles. The SMILES string of the molecule is COc1ccc(C(=O)O)c(Sc2cccc(C)c2)c1. The number of hydrogen-bond acceptors (Lipinski definition) is 3. The predicted octanol–water partition coefficient (Wildman–Crippen LogP) is 3.85. The van der Waals surface area contributed by atoms with Crippen LogP contribution in [0.2, 0.25) is 0 Å². The number of hydrogen-bond donors (Lipinski definition) is 1. The standard InChI is InChI=1S/C15H14O3S/c1-10-4-3-5-12(8-10)19-14-9-11(18-2)6-7-13(14)15(16)17/h3-9H,1-2H3,(H,16,17). The van der Waals surface area contributed by atoms with Gasteiger partial charge in [0.1, 0.15) is 5.75 Å². The molecule has 0 amide bonds. The zero-order valence-electron chi connectivity index (χ0n) is 10.7. The largest absolute Gasteiger partial charge is 0.497 e. The van der Waals surface area contributed by atoms with E-state index < -0.39 is 5.97 Å². The quantitative estimate of drug-likeness (QED) is 0.919. The molecule has 0 bridgehead atoms. The van der Waals surface area contributed by atoms with E-state index in [4.69, 9.17) is 4.74 Å². The minimum absolute atomic E-state index is 0.285. The first kappa shape index (κ1) is 13.5. The van der Waals surface area contributed by atoms with Crippen LogP contribution in [0.5, 0.6) is 5.75 Å². The Morgan fingerprint density at radius 2 is 2.00 bits per heavy atom. The molecular weight excluding hydrogens is 260 g/mol. The van der Waals surface area contributed by atoms with E-state index in [9.17, 15) is 9.90 Å². The minimum Gasteiger partial charge on any atom is -0.497 e. The maximum atomic E-state index is 11.2. The monoisotopic (exact) mass is 274 g/mol. The number of aryl methyl sites for hydroxylation is 1. The third-order valence-corrected chi connectivity index (χ3v) is 3.68. The molecule has 0 radical (unpaired) electrons. The summed E-state index contributed by atoms with van der Waals surface area (Å²) >= 11 is 1.43. The molecule has 4 heteroatoms. The molecule has 1 N–H and O–H groups in total. The zero-order chi connectivity index (χ0) is 13.8. The molecule has 0 fully saturated rings. The van der Waals surface area contributed by atoms with Gasteiger partial charge < -0.3 is 9.84 Å². The van der Waals surface area contributed by atoms with Gasteiger partial charge in [-0.1, -0.05) is 29.5 Å². The van der Waals surface area contributed by atoms with E-state index in [2.05, 4.69) is 0 Å². The molecule has 3 nitrogen and oxygen atoms in total. The van der Waals surface area contributed by atoms with Crippen molar-refractivity contribution in [1.82, 2.24) is 0 Å². The topological polar surface area (TPSA) is 46.5 Å². The fourth-order valence-electron chi connectivity index (χ4n) is 1.70. The summed E-state index contributed by atoms with van der Waals surface area (Å²) in [6, 6.07) is 12.9. The molecule has 0 aromatic heterocycles. The number of carbonyl (C=O) groups is 1. The molecule has 0 atom stereocenters. The molecule has 2 aromatic rings. The lowest BCUT2D eigenvalue weighted by molar-refractivity contribution is 0.0693. The van der Waals surface area contributed by atoms with Gasteiger partial charge in [0.15, 0.2) is 0 Å². The fourth-order valence-corrected chi connectivity index (χ4v) is 2.78. The summed E-state index contributed by atoms with van der Waals surface area (Å²) in [5.41, 5.74) is 1.43. The van der Waals surface area contributed by atoms with E-state index in [1.807, 2.05) is 31.2 Å². The normalized spacial score (nSPS) is 10.2. The van der Waals surface area contributed by atoms with Crippen molar-refractivity contribution < 1.29 is 14.6 Å². The summed E-state index contributed by atoms with van der Waals surface area (Å²) in [6.07, 6.45) is 0. The molecule has 0 aliphatic heterocycles. The lowest BCUT2D eigenvalue weighted by Gasteiger charge is -2.08. The molecule has 0 aliphatic rings. The minimum atomic E-state index is -0.933. The second kappa shape index (κ2) is 5.80. The molecule has 0 aliphatic carbocycles. The Hall–Kier alpha value is -1.94. The van der Waals surface area contributed by atoms with Crippen LogP contribution in [0, 0.1) is 6.92 Å². The summed E-state index contributed by atoms with van der Waals surface area (Å²) in [6.45, 7) is 2.01. The van der Waals surface area contributed by atoms with E-state index in [0.29, 0.717) is 10.6 Å². The highest BCUT2D eigenvalue weighted by molar-refractivity contribution is 7.99. The van der Waals surface area contributed by atoms with Crippen LogP contribution in [-0.4, -0.2) is 18.2 Å². The third-order valence-electron chi connectivity index (χ3n) is 2.64. The molecule has 2 rings (SSSR count). The molecule has 0 saturated carbocycles. The Kier molecular flexibility index (Phi) is 4.12. The van der Waals surface area contributed by atoms with Gasteiger partial charge >= 0.3 is 5.97 Å². The van der Waals surface area contributed by atoms with Crippen LogP contribution >= 0.6 is 11.8 Å². The fraction of sp³-hybridized carbons (Fsp3) is 0.133. The molecular formula is C15H14O3S. The maximum Gasteiger partial charge on any atom is 0.336 e. The van der Waals surface area contributed by atoms with Gasteiger partial charge in [-0.05, 0) is 37.3 Å². The average molecular weight is 274 g/mol. The Morgan fingerprint density at radius 3 is 2.63 bits per heavy atom. The summed E-state index contributed by atoms with van der Waals surface area (Å²) in [5, 5.41) is 9.21. The van der Waals surface area contributed by atoms with Crippen LogP contribution in [0.3, 0.4) is 0 Å². The van der Waals surface area contributed by atoms with Crippen molar-refractivity contribution in [2.75, 3.05) is 7.11 Å². The Bertz CT molecular complexity index is 608. The molecule has 98 valence electrons. The number of aromatic carboxylic acids is 1. The molecule has 0 spiro atoms. The van der Waals surface area contributed by atoms with Crippen molar-refractivity contribution in [2.45, 2.75) is 16.7 Å². The van der Waals surface area contributed by atoms with E-state index in [-0.39, 0.29) is 5.56 Å². The Morgan fingerprint density at radius 1 is 1.21 bits per heavy atom. The van der Waals surface area contributed by atoms with Crippen molar-refractivity contribution in [1.29, 1.82) is 0 Å². The van der Waals surface area contributed by atoms with E-state index in [1.165, 1.54) is 11.8 Å². The first-order valence-corrected chi connectivity index (χ1v) is 6.57. The van der Waals surface area contributed by atoms with E-state index >= 15 is 0 Å². The van der Waals surface area contributed by atoms with Gasteiger partial charge in [0.05, 0.1) is 12.7 Å². The van der Waals surface area contributed by atoms with Crippen molar-refractivity contribution >= 4 is 17.7 Å². The Labute approximate surface area is 116 Å². The summed E-state index contributed by atoms with van der Waals surface area (Å²) in [4.78, 5) is 12.9. The van der Waals surface area contributed by atoms with Crippen molar-refractivity contribution in [3.63, 3.8) is 0 Å². The molecule has 19 heavy (non-hydrogen) atoms. The van der Waals surface area contributed by atoms with Gasteiger partial charge in [0.2, 0.25) is 0 Å². The lowest BCUT2D eigenvalue weighted by Crippen LogP contribution is -1.99. The highest BCUT2D eigenvalue weighted by Crippen LogP contribution is 2.33. The summed E-state index contributed by atoms with van der Waals surface area (Å²) in [5.74, 6) is -0.280. The molecule has 0 saturated heterocycles. The van der Waals surface area contributed by atoms with Crippen molar-refractivity contribution in [3.8, 4) is 5.75 Å². The number of ether oxygens (including phenoxy) is 1. The third kappa shape index (κ3) is 3.29. The van der Waals surface area contributed by atoms with Gasteiger partial charge in [0, 0.05) is 9.79 Å². The van der Waals surface area contributed by atoms with E-state index in [0.717, 1.165) is 10.5 Å². The first-order chi connectivity index (χ1) is 9.10. The highest BCUT2D eigenvalue weighted by Gasteiger charge is 2.12. The number of carboxylic acids is 1. The van der Waals surface area contributed by atoms with E-state index in [1.54, 1.807) is 25.3 Å². The predicted molar refractivity (Wildman–Crippen MR) is 75.3 cm³/mol. The number of carboxylic acid groups (broad SMARTS) is 1. The highest BCUT2D eigenvalue weighted by atomic mass is 32.2. The van der Waals surface area contributed by atoms with Crippen LogP contribution in [0.15, 0.2) is 52.3 Å². The summed E-state index contributed by atoms with van der Waals surface area (Å²) < 4.78 is 5.14. The lowest BCUT2D eigenvalue weighted by atomic mass is 10.2. The van der Waals surface area contributed by atoms with Crippen molar-refractivity contribution in [3.05, 3.63) is 53.6 Å². The van der Waals surface area contributed by atoms with Gasteiger partial charge in [-0.15, -0.1) is 0 Å². The Balaban J connectivity index is 2.39. The zero-order valence-corrected chi connectivity index (χ0v) is 11.5. The van der Waals surface area contributed by atoms with Gasteiger partial charge in [-0.3, -0.25) is 0 Å². The van der Waals surface area contributed by atoms with Crippen LogP contribution in [0.1, 0.15) is 15.9 Å². The van der Waals surface area contributed by atoms with Crippen molar-refractivity contribution in [2.24, 2.45) is 0 Å². The van der Waals surface area contributed by atoms with Crippen LogP contribution in [0.4, 0.5) is 0 Å². The summed E-state index contributed by atoms with van der Waals surface area (Å²) in [7, 11) is 1.57. The smallest absolute Gasteiger partial charge is 0.336 e. The van der Waals surface area contributed by atoms with Gasteiger partial charge in [-0.25, -0.2) is 4.79 Å². The molecule has 0 unspecified atom stereocenters.